The Bertz CT molecular complexity index is 1280. The van der Waals surface area contributed by atoms with Gasteiger partial charge in [-0.25, -0.2) is 8.78 Å². The molecule has 3 heterocycles. The third-order valence-corrected chi connectivity index (χ3v) is 4.98. The van der Waals surface area contributed by atoms with Crippen LogP contribution in [0.25, 0.3) is 16.9 Å². The summed E-state index contributed by atoms with van der Waals surface area (Å²) in [6.45, 7) is 3.65. The molecule has 10 heteroatoms. The molecular formula is C23H15F5N4Pt. The molecule has 0 aliphatic rings. The maximum absolute atomic E-state index is 14.1. The second kappa shape index (κ2) is 9.14. The van der Waals surface area contributed by atoms with Crippen molar-refractivity contribution in [3.8, 4) is 16.9 Å². The average molecular weight is 637 g/mol. The van der Waals surface area contributed by atoms with Gasteiger partial charge in [-0.2, -0.15) is 36.5 Å². The van der Waals surface area contributed by atoms with Crippen molar-refractivity contribution < 1.29 is 43.0 Å². The maximum atomic E-state index is 14.1. The van der Waals surface area contributed by atoms with Gasteiger partial charge in [-0.15, -0.1) is 12.1 Å². The van der Waals surface area contributed by atoms with E-state index in [0.29, 0.717) is 11.4 Å². The Morgan fingerprint density at radius 1 is 0.939 bits per heavy atom. The predicted octanol–water partition coefficient (Wildman–Crippen LogP) is 5.55. The zero-order valence-electron chi connectivity index (χ0n) is 17.2. The molecule has 0 aliphatic heterocycles. The van der Waals surface area contributed by atoms with E-state index in [1.165, 1.54) is 16.9 Å². The normalized spacial score (nSPS) is 11.8. The zero-order chi connectivity index (χ0) is 23.1. The minimum Gasteiger partial charge on any atom is -0.300 e. The van der Waals surface area contributed by atoms with Crippen molar-refractivity contribution in [2.45, 2.75) is 25.4 Å². The minimum atomic E-state index is -4.48. The van der Waals surface area contributed by atoms with Crippen molar-refractivity contribution in [3.63, 3.8) is 0 Å². The van der Waals surface area contributed by atoms with Gasteiger partial charge in [-0.3, -0.25) is 9.67 Å². The number of hydrogen-bond donors (Lipinski definition) is 0. The van der Waals surface area contributed by atoms with Gasteiger partial charge in [-0.05, 0) is 37.4 Å². The van der Waals surface area contributed by atoms with Gasteiger partial charge >= 0.3 is 27.2 Å². The molecule has 0 N–H and O–H groups in total. The quantitative estimate of drug-likeness (QED) is 0.168. The molecule has 0 atom stereocenters. The monoisotopic (exact) mass is 637 g/mol. The van der Waals surface area contributed by atoms with Crippen molar-refractivity contribution in [3.05, 3.63) is 95.7 Å². The fraction of sp³-hybridized carbons (Fsp3) is 0.174. The standard InChI is InChI=1S/C23H15F5N4.Pt/c1-22(2,18-8-4-7-17(29-18)16-9-10-20(24)30-21(16)25)19-11-12-32(31-19)15-6-3-5-14(13-15)23(26,27)28;/h3-5,7-8,10-13H,1-2H3;/q-2;+2. The Morgan fingerprint density at radius 2 is 1.70 bits per heavy atom. The maximum Gasteiger partial charge on any atom is 2.00 e. The summed E-state index contributed by atoms with van der Waals surface area (Å²) in [5.74, 6) is -2.02. The first kappa shape index (κ1) is 24.7. The van der Waals surface area contributed by atoms with E-state index >= 15 is 0 Å². The first-order chi connectivity index (χ1) is 15.1. The summed E-state index contributed by atoms with van der Waals surface area (Å²) in [6.07, 6.45) is -2.95. The van der Waals surface area contributed by atoms with Crippen LogP contribution in [0.3, 0.4) is 0 Å². The van der Waals surface area contributed by atoms with E-state index in [1.54, 1.807) is 24.3 Å². The van der Waals surface area contributed by atoms with Crippen LogP contribution in [0.4, 0.5) is 22.0 Å². The predicted molar refractivity (Wildman–Crippen MR) is 106 cm³/mol. The van der Waals surface area contributed by atoms with Gasteiger partial charge in [0.05, 0.1) is 11.1 Å². The van der Waals surface area contributed by atoms with Crippen molar-refractivity contribution in [2.75, 3.05) is 0 Å². The number of benzene rings is 1. The smallest absolute Gasteiger partial charge is 0.300 e. The molecule has 0 fully saturated rings. The summed E-state index contributed by atoms with van der Waals surface area (Å²) in [5.41, 5.74) is -0.271. The molecule has 0 aliphatic carbocycles. The summed E-state index contributed by atoms with van der Waals surface area (Å²) in [6, 6.07) is 15.8. The number of hydrogen-bond acceptors (Lipinski definition) is 3. The molecule has 0 saturated heterocycles. The van der Waals surface area contributed by atoms with Crippen LogP contribution in [-0.2, 0) is 32.7 Å². The fourth-order valence-corrected chi connectivity index (χ4v) is 3.16. The first-order valence-electron chi connectivity index (χ1n) is 9.43. The summed E-state index contributed by atoms with van der Waals surface area (Å²) in [7, 11) is 0. The van der Waals surface area contributed by atoms with E-state index < -0.39 is 29.1 Å². The number of alkyl halides is 3. The number of halogens is 5. The SMILES string of the molecule is CC(C)(c1cccc(-c2[c-]cc(F)nc2F)n1)c1ccn(-c2[c-]ccc(C(F)(F)F)c2)n1.[Pt+2]. The first-order valence-corrected chi connectivity index (χ1v) is 9.43. The Labute approximate surface area is 200 Å². The van der Waals surface area contributed by atoms with E-state index in [9.17, 15) is 22.0 Å². The van der Waals surface area contributed by atoms with Gasteiger partial charge in [0.1, 0.15) is 11.9 Å². The summed E-state index contributed by atoms with van der Waals surface area (Å²) in [4.78, 5) is 7.63. The van der Waals surface area contributed by atoms with Gasteiger partial charge < -0.3 is 4.98 Å². The molecule has 33 heavy (non-hydrogen) atoms. The van der Waals surface area contributed by atoms with E-state index in [4.69, 9.17) is 0 Å². The van der Waals surface area contributed by atoms with Gasteiger partial charge in [-0.1, -0.05) is 29.3 Å². The Balaban J connectivity index is 0.00000306. The largest absolute Gasteiger partial charge is 2.00 e. The molecule has 1 aromatic carbocycles. The van der Waals surface area contributed by atoms with Crippen molar-refractivity contribution >= 4 is 0 Å². The summed E-state index contributed by atoms with van der Waals surface area (Å²) >= 11 is 0. The van der Waals surface area contributed by atoms with Crippen molar-refractivity contribution in [2.24, 2.45) is 0 Å². The van der Waals surface area contributed by atoms with E-state index in [1.807, 2.05) is 13.8 Å². The molecule has 172 valence electrons. The van der Waals surface area contributed by atoms with Crippen LogP contribution >= 0.6 is 0 Å². The number of nitrogens with zero attached hydrogens (tertiary/aromatic N) is 4. The molecule has 0 saturated carbocycles. The fourth-order valence-electron chi connectivity index (χ4n) is 3.16. The van der Waals surface area contributed by atoms with Gasteiger partial charge in [0, 0.05) is 11.9 Å². The molecule has 0 spiro atoms. The van der Waals surface area contributed by atoms with Crippen LogP contribution in [0.15, 0.2) is 54.7 Å². The van der Waals surface area contributed by atoms with Crippen LogP contribution < -0.4 is 0 Å². The second-order valence-electron chi connectivity index (χ2n) is 7.53. The molecule has 3 aromatic heterocycles. The summed E-state index contributed by atoms with van der Waals surface area (Å²) < 4.78 is 67.5. The topological polar surface area (TPSA) is 43.6 Å². The van der Waals surface area contributed by atoms with Crippen LogP contribution in [0.1, 0.15) is 30.8 Å². The third kappa shape index (κ3) is 5.03. The van der Waals surface area contributed by atoms with E-state index in [-0.39, 0.29) is 38.0 Å². The molecule has 4 rings (SSSR count). The van der Waals surface area contributed by atoms with Crippen LogP contribution in [0, 0.1) is 24.0 Å². The molecule has 4 nitrogen and oxygen atoms in total. The third-order valence-electron chi connectivity index (χ3n) is 4.98. The van der Waals surface area contributed by atoms with Gasteiger partial charge in [0.25, 0.3) is 0 Å². The van der Waals surface area contributed by atoms with E-state index in [0.717, 1.165) is 18.2 Å². The zero-order valence-corrected chi connectivity index (χ0v) is 19.5. The number of pyridine rings is 2. The molecule has 0 bridgehead atoms. The molecule has 0 unspecified atom stereocenters. The second-order valence-corrected chi connectivity index (χ2v) is 7.53. The molecule has 0 radical (unpaired) electrons. The van der Waals surface area contributed by atoms with Gasteiger partial charge in [0.15, 0.2) is 0 Å². The van der Waals surface area contributed by atoms with E-state index in [2.05, 4.69) is 27.2 Å². The molecule has 4 aromatic rings. The average Bonchev–Trinajstić information content (AvgIpc) is 3.25. The number of aromatic nitrogens is 4. The van der Waals surface area contributed by atoms with Gasteiger partial charge in [0.2, 0.25) is 0 Å². The number of rotatable bonds is 4. The van der Waals surface area contributed by atoms with Crippen LogP contribution in [0.5, 0.6) is 0 Å². The summed E-state index contributed by atoms with van der Waals surface area (Å²) in [5, 5.41) is 4.42. The van der Waals surface area contributed by atoms with Crippen molar-refractivity contribution in [1.82, 2.24) is 19.7 Å². The van der Waals surface area contributed by atoms with Crippen LogP contribution in [-0.4, -0.2) is 19.7 Å². The van der Waals surface area contributed by atoms with Crippen LogP contribution in [0.2, 0.25) is 0 Å². The Kier molecular flexibility index (Phi) is 6.84. The minimum absolute atomic E-state index is 0. The van der Waals surface area contributed by atoms with Crippen molar-refractivity contribution in [1.29, 1.82) is 0 Å². The molecule has 0 amide bonds. The Morgan fingerprint density at radius 3 is 2.39 bits per heavy atom. The Hall–Kier alpha value is -2.93. The molecular weight excluding hydrogens is 622 g/mol.